The van der Waals surface area contributed by atoms with Gasteiger partial charge >= 0.3 is 0 Å². The molecule has 0 aromatic heterocycles. The molecule has 0 aromatic carbocycles. The van der Waals surface area contributed by atoms with Crippen LogP contribution in [0.5, 0.6) is 0 Å². The summed E-state index contributed by atoms with van der Waals surface area (Å²) < 4.78 is 0. The third-order valence-corrected chi connectivity index (χ3v) is 11.8. The SMILES string of the molecule is CC[C@]1(O)CC[C@@]2(C)[C@@H](CC[C@@H]3[C@@H]2CC[C@]2(C)[C@@H]([C@H](C)C(O)C4CC4)CC[C@@H]32)C1. The highest BCUT2D eigenvalue weighted by atomic mass is 16.3. The molecular formula is C27H46O2. The van der Waals surface area contributed by atoms with Gasteiger partial charge in [-0.15, -0.1) is 0 Å². The van der Waals surface area contributed by atoms with Crippen LogP contribution in [0.4, 0.5) is 0 Å². The molecule has 5 fully saturated rings. The van der Waals surface area contributed by atoms with Crippen LogP contribution in [-0.2, 0) is 0 Å². The lowest BCUT2D eigenvalue weighted by molar-refractivity contribution is -0.154. The van der Waals surface area contributed by atoms with E-state index in [1.165, 1.54) is 57.8 Å². The van der Waals surface area contributed by atoms with Crippen molar-refractivity contribution in [2.24, 2.45) is 52.3 Å². The van der Waals surface area contributed by atoms with E-state index in [1.807, 2.05) is 0 Å². The van der Waals surface area contributed by atoms with Crippen molar-refractivity contribution >= 4 is 0 Å². The van der Waals surface area contributed by atoms with Crippen LogP contribution >= 0.6 is 0 Å². The maximum Gasteiger partial charge on any atom is 0.0648 e. The largest absolute Gasteiger partial charge is 0.393 e. The number of hydrogen-bond acceptors (Lipinski definition) is 2. The molecule has 2 N–H and O–H groups in total. The Morgan fingerprint density at radius 1 is 0.862 bits per heavy atom. The van der Waals surface area contributed by atoms with Crippen molar-refractivity contribution < 1.29 is 10.2 Å². The average Bonchev–Trinajstić information content (AvgIpc) is 3.49. The van der Waals surface area contributed by atoms with Gasteiger partial charge in [-0.1, -0.05) is 27.7 Å². The molecule has 5 aliphatic rings. The van der Waals surface area contributed by atoms with Crippen LogP contribution < -0.4 is 0 Å². The van der Waals surface area contributed by atoms with E-state index >= 15 is 0 Å². The van der Waals surface area contributed by atoms with Crippen LogP contribution in [0.1, 0.15) is 105 Å². The molecule has 0 saturated heterocycles. The topological polar surface area (TPSA) is 40.5 Å². The molecule has 5 rings (SSSR count). The zero-order chi connectivity index (χ0) is 20.6. The lowest BCUT2D eigenvalue weighted by Crippen LogP contribution is -2.56. The van der Waals surface area contributed by atoms with E-state index in [4.69, 9.17) is 0 Å². The Balaban J connectivity index is 1.35. The van der Waals surface area contributed by atoms with Crippen LogP contribution in [-0.4, -0.2) is 21.9 Å². The predicted octanol–water partition coefficient (Wildman–Crippen LogP) is 6.19. The van der Waals surface area contributed by atoms with Crippen molar-refractivity contribution in [3.8, 4) is 0 Å². The zero-order valence-corrected chi connectivity index (χ0v) is 19.5. The van der Waals surface area contributed by atoms with Crippen LogP contribution in [0.25, 0.3) is 0 Å². The highest BCUT2D eigenvalue weighted by Crippen LogP contribution is 2.69. The third-order valence-electron chi connectivity index (χ3n) is 11.8. The summed E-state index contributed by atoms with van der Waals surface area (Å²) in [5.74, 6) is 5.21. The van der Waals surface area contributed by atoms with Crippen molar-refractivity contribution in [2.75, 3.05) is 0 Å². The fraction of sp³-hybridized carbons (Fsp3) is 1.00. The van der Waals surface area contributed by atoms with Gasteiger partial charge in [0.15, 0.2) is 0 Å². The smallest absolute Gasteiger partial charge is 0.0648 e. The Bertz CT molecular complexity index is 628. The Morgan fingerprint density at radius 3 is 2.28 bits per heavy atom. The summed E-state index contributed by atoms with van der Waals surface area (Å²) in [5, 5.41) is 21.9. The third kappa shape index (κ3) is 3.09. The van der Waals surface area contributed by atoms with Crippen molar-refractivity contribution in [3.63, 3.8) is 0 Å². The van der Waals surface area contributed by atoms with E-state index in [9.17, 15) is 10.2 Å². The quantitative estimate of drug-likeness (QED) is 0.588. The summed E-state index contributed by atoms with van der Waals surface area (Å²) in [6, 6.07) is 0. The molecule has 1 unspecified atom stereocenters. The summed E-state index contributed by atoms with van der Waals surface area (Å²) >= 11 is 0. The van der Waals surface area contributed by atoms with E-state index in [1.54, 1.807) is 0 Å². The molecule has 2 heteroatoms. The zero-order valence-electron chi connectivity index (χ0n) is 19.5. The van der Waals surface area contributed by atoms with E-state index in [0.29, 0.717) is 22.7 Å². The fourth-order valence-corrected chi connectivity index (χ4v) is 9.65. The highest BCUT2D eigenvalue weighted by molar-refractivity contribution is 5.11. The van der Waals surface area contributed by atoms with Gasteiger partial charge in [-0.3, -0.25) is 0 Å². The fourth-order valence-electron chi connectivity index (χ4n) is 9.65. The van der Waals surface area contributed by atoms with E-state index in [0.717, 1.165) is 48.9 Å². The lowest BCUT2D eigenvalue weighted by Gasteiger charge is -2.62. The maximum atomic E-state index is 11.0. The van der Waals surface area contributed by atoms with Gasteiger partial charge < -0.3 is 10.2 Å². The van der Waals surface area contributed by atoms with Gasteiger partial charge in [0.2, 0.25) is 0 Å². The number of rotatable bonds is 4. The minimum atomic E-state index is -0.382. The first kappa shape index (κ1) is 20.8. The van der Waals surface area contributed by atoms with Crippen LogP contribution in [0, 0.1) is 52.3 Å². The molecule has 166 valence electrons. The first-order valence-electron chi connectivity index (χ1n) is 13.1. The number of hydrogen-bond donors (Lipinski definition) is 2. The second kappa shape index (κ2) is 6.96. The summed E-state index contributed by atoms with van der Waals surface area (Å²) in [7, 11) is 0. The van der Waals surface area contributed by atoms with Gasteiger partial charge in [0.25, 0.3) is 0 Å². The van der Waals surface area contributed by atoms with Gasteiger partial charge in [0.05, 0.1) is 11.7 Å². The van der Waals surface area contributed by atoms with E-state index in [-0.39, 0.29) is 11.7 Å². The van der Waals surface area contributed by atoms with Gasteiger partial charge in [-0.2, -0.15) is 0 Å². The minimum Gasteiger partial charge on any atom is -0.393 e. The summed E-state index contributed by atoms with van der Waals surface area (Å²) in [6.45, 7) is 9.78. The summed E-state index contributed by atoms with van der Waals surface area (Å²) in [4.78, 5) is 0. The van der Waals surface area contributed by atoms with E-state index in [2.05, 4.69) is 27.7 Å². The second-order valence-corrected chi connectivity index (χ2v) is 12.9. The summed E-state index contributed by atoms with van der Waals surface area (Å²) in [5.41, 5.74) is 0.536. The molecule has 0 bridgehead atoms. The first-order chi connectivity index (χ1) is 13.7. The molecule has 29 heavy (non-hydrogen) atoms. The second-order valence-electron chi connectivity index (χ2n) is 12.9. The predicted molar refractivity (Wildman–Crippen MR) is 118 cm³/mol. The minimum absolute atomic E-state index is 0.0494. The number of aliphatic hydroxyl groups is 2. The number of aliphatic hydroxyl groups excluding tert-OH is 1. The van der Waals surface area contributed by atoms with Crippen LogP contribution in [0.15, 0.2) is 0 Å². The Kier molecular flexibility index (Phi) is 4.99. The maximum absolute atomic E-state index is 11.0. The van der Waals surface area contributed by atoms with Crippen LogP contribution in [0.2, 0.25) is 0 Å². The molecule has 0 heterocycles. The van der Waals surface area contributed by atoms with Gasteiger partial charge in [-0.25, -0.2) is 0 Å². The van der Waals surface area contributed by atoms with Crippen molar-refractivity contribution in [3.05, 3.63) is 0 Å². The highest BCUT2D eigenvalue weighted by Gasteiger charge is 2.62. The molecule has 0 amide bonds. The van der Waals surface area contributed by atoms with Gasteiger partial charge in [0.1, 0.15) is 0 Å². The van der Waals surface area contributed by atoms with Crippen molar-refractivity contribution in [2.45, 2.75) is 116 Å². The normalized spacial score (nSPS) is 54.2. The molecule has 5 aliphatic carbocycles. The number of fused-ring (bicyclic) bond motifs is 5. The monoisotopic (exact) mass is 402 g/mol. The van der Waals surface area contributed by atoms with Gasteiger partial charge in [-0.05, 0) is 129 Å². The Morgan fingerprint density at radius 2 is 1.59 bits per heavy atom. The molecular weight excluding hydrogens is 356 g/mol. The van der Waals surface area contributed by atoms with Crippen LogP contribution in [0.3, 0.4) is 0 Å². The van der Waals surface area contributed by atoms with Crippen molar-refractivity contribution in [1.82, 2.24) is 0 Å². The molecule has 2 nitrogen and oxygen atoms in total. The Hall–Kier alpha value is -0.0800. The Labute approximate surface area is 179 Å². The summed E-state index contributed by atoms with van der Waals surface area (Å²) in [6.07, 6.45) is 15.0. The molecule has 0 aliphatic heterocycles. The molecule has 10 atom stereocenters. The average molecular weight is 403 g/mol. The lowest BCUT2D eigenvalue weighted by atomic mass is 9.43. The molecule has 0 spiro atoms. The molecule has 0 aromatic rings. The van der Waals surface area contributed by atoms with Crippen molar-refractivity contribution in [1.29, 1.82) is 0 Å². The molecule has 5 saturated carbocycles. The standard InChI is InChI=1S/C27H46O2/c1-5-27(29)15-14-25(3)19(16-27)8-9-20-22-11-10-21(17(2)24(28)18-6-7-18)26(22,4)13-12-23(20)25/h17-24,28-29H,5-16H2,1-4H3/t17-,19-,20-,21+,22-,23-,24?,25-,26+,27-/m0/s1. The van der Waals surface area contributed by atoms with E-state index < -0.39 is 0 Å². The molecule has 0 radical (unpaired) electrons. The van der Waals surface area contributed by atoms with Gasteiger partial charge in [0, 0.05) is 0 Å². The first-order valence-corrected chi connectivity index (χ1v) is 13.1.